The Morgan fingerprint density at radius 2 is 1.59 bits per heavy atom. The van der Waals surface area contributed by atoms with Crippen LogP contribution in [0.25, 0.3) is 0 Å². The van der Waals surface area contributed by atoms with Crippen molar-refractivity contribution in [3.8, 4) is 0 Å². The number of hydrogen-bond acceptors (Lipinski definition) is 5. The second kappa shape index (κ2) is 12.6. The van der Waals surface area contributed by atoms with Crippen molar-refractivity contribution in [2.24, 2.45) is 0 Å². The fourth-order valence-electron chi connectivity index (χ4n) is 2.07. The van der Waals surface area contributed by atoms with Gasteiger partial charge in [0.25, 0.3) is 0 Å². The standard InChI is InChI=1S/C17H30O5/c1-4-18-15(3)20-12-8-6-7-9-13-22-17(19-5-2)16-11-10-14-21-16/h10-11,14-15,17H,4-9,12-13H2,1-3H3. The molecule has 0 radical (unpaired) electrons. The highest BCUT2D eigenvalue weighted by molar-refractivity contribution is 4.99. The van der Waals surface area contributed by atoms with Crippen molar-refractivity contribution in [2.75, 3.05) is 26.4 Å². The van der Waals surface area contributed by atoms with E-state index in [1.165, 1.54) is 0 Å². The molecule has 0 aliphatic heterocycles. The van der Waals surface area contributed by atoms with E-state index in [9.17, 15) is 0 Å². The second-order valence-electron chi connectivity index (χ2n) is 4.98. The number of hydrogen-bond donors (Lipinski definition) is 0. The monoisotopic (exact) mass is 314 g/mol. The SMILES string of the molecule is CCOC(C)OCCCCCCOC(OCC)c1ccco1. The van der Waals surface area contributed by atoms with Crippen LogP contribution in [0.4, 0.5) is 0 Å². The van der Waals surface area contributed by atoms with E-state index in [0.29, 0.717) is 19.8 Å². The number of unbranched alkanes of at least 4 members (excludes halogenated alkanes) is 3. The summed E-state index contributed by atoms with van der Waals surface area (Å²) in [7, 11) is 0. The maximum absolute atomic E-state index is 5.74. The molecule has 128 valence electrons. The predicted octanol–water partition coefficient (Wildman–Crippen LogP) is 4.29. The molecule has 1 aromatic rings. The van der Waals surface area contributed by atoms with Gasteiger partial charge in [-0.25, -0.2) is 0 Å². The van der Waals surface area contributed by atoms with Crippen LogP contribution in [0.1, 0.15) is 58.5 Å². The van der Waals surface area contributed by atoms with Crippen molar-refractivity contribution in [1.29, 1.82) is 0 Å². The highest BCUT2D eigenvalue weighted by Crippen LogP contribution is 2.19. The molecule has 2 unspecified atom stereocenters. The molecule has 0 fully saturated rings. The molecule has 1 aromatic heterocycles. The molecule has 1 heterocycles. The van der Waals surface area contributed by atoms with Crippen LogP contribution in [0.3, 0.4) is 0 Å². The molecule has 0 aliphatic carbocycles. The van der Waals surface area contributed by atoms with Crippen LogP contribution in [0.2, 0.25) is 0 Å². The second-order valence-corrected chi connectivity index (χ2v) is 4.98. The summed E-state index contributed by atoms with van der Waals surface area (Å²) in [6.07, 6.45) is 5.43. The third-order valence-corrected chi connectivity index (χ3v) is 3.16. The number of rotatable bonds is 14. The fraction of sp³-hybridized carbons (Fsp3) is 0.765. The summed E-state index contributed by atoms with van der Waals surface area (Å²) >= 11 is 0. The van der Waals surface area contributed by atoms with Crippen molar-refractivity contribution < 1.29 is 23.4 Å². The first-order valence-electron chi connectivity index (χ1n) is 8.27. The number of furan rings is 1. The molecular formula is C17H30O5. The molecule has 22 heavy (non-hydrogen) atoms. The summed E-state index contributed by atoms with van der Waals surface area (Å²) in [5.41, 5.74) is 0. The molecule has 2 atom stereocenters. The largest absolute Gasteiger partial charge is 0.464 e. The van der Waals surface area contributed by atoms with Gasteiger partial charge >= 0.3 is 0 Å². The Hall–Kier alpha value is -0.880. The van der Waals surface area contributed by atoms with E-state index in [2.05, 4.69) is 0 Å². The van der Waals surface area contributed by atoms with E-state index in [1.54, 1.807) is 6.26 Å². The molecular weight excluding hydrogens is 284 g/mol. The average Bonchev–Trinajstić information content (AvgIpc) is 3.03. The quantitative estimate of drug-likeness (QED) is 0.379. The zero-order valence-corrected chi connectivity index (χ0v) is 14.1. The van der Waals surface area contributed by atoms with Crippen LogP contribution in [0.15, 0.2) is 22.8 Å². The molecule has 0 aliphatic rings. The number of ether oxygens (including phenoxy) is 4. The van der Waals surface area contributed by atoms with Crippen molar-refractivity contribution in [2.45, 2.75) is 59.0 Å². The minimum absolute atomic E-state index is 0.103. The van der Waals surface area contributed by atoms with Gasteiger partial charge in [0.15, 0.2) is 12.1 Å². The van der Waals surface area contributed by atoms with Crippen LogP contribution in [-0.4, -0.2) is 32.7 Å². The van der Waals surface area contributed by atoms with E-state index in [0.717, 1.165) is 38.1 Å². The molecule has 0 bridgehead atoms. The van der Waals surface area contributed by atoms with Gasteiger partial charge in [-0.15, -0.1) is 0 Å². The average molecular weight is 314 g/mol. The molecule has 0 amide bonds. The van der Waals surface area contributed by atoms with Gasteiger partial charge in [-0.1, -0.05) is 12.8 Å². The Kier molecular flexibility index (Phi) is 11.0. The highest BCUT2D eigenvalue weighted by Gasteiger charge is 2.14. The van der Waals surface area contributed by atoms with Crippen LogP contribution in [0, 0.1) is 0 Å². The van der Waals surface area contributed by atoms with Crippen LogP contribution in [-0.2, 0) is 18.9 Å². The van der Waals surface area contributed by atoms with Crippen molar-refractivity contribution in [3.05, 3.63) is 24.2 Å². The van der Waals surface area contributed by atoms with Crippen LogP contribution >= 0.6 is 0 Å². The third-order valence-electron chi connectivity index (χ3n) is 3.16. The third kappa shape index (κ3) is 8.54. The molecule has 0 saturated carbocycles. The summed E-state index contributed by atoms with van der Waals surface area (Å²) in [6.45, 7) is 8.55. The maximum atomic E-state index is 5.74. The molecule has 5 nitrogen and oxygen atoms in total. The van der Waals surface area contributed by atoms with E-state index in [-0.39, 0.29) is 6.29 Å². The van der Waals surface area contributed by atoms with E-state index < -0.39 is 6.29 Å². The zero-order chi connectivity index (χ0) is 16.0. The molecule has 1 rings (SSSR count). The highest BCUT2D eigenvalue weighted by atomic mass is 16.7. The van der Waals surface area contributed by atoms with Gasteiger partial charge < -0.3 is 23.4 Å². The van der Waals surface area contributed by atoms with Gasteiger partial charge in [0.2, 0.25) is 6.29 Å². The van der Waals surface area contributed by atoms with E-state index >= 15 is 0 Å². The molecule has 0 aromatic carbocycles. The first kappa shape index (κ1) is 19.2. The summed E-state index contributed by atoms with van der Waals surface area (Å²) < 4.78 is 27.4. The smallest absolute Gasteiger partial charge is 0.217 e. The van der Waals surface area contributed by atoms with Gasteiger partial charge in [-0.3, -0.25) is 0 Å². The Balaban J connectivity index is 2.00. The molecule has 0 saturated heterocycles. The van der Waals surface area contributed by atoms with Crippen LogP contribution in [0.5, 0.6) is 0 Å². The van der Waals surface area contributed by atoms with Crippen molar-refractivity contribution in [3.63, 3.8) is 0 Å². The Labute approximate surface area is 133 Å². The molecule has 0 spiro atoms. The Morgan fingerprint density at radius 1 is 0.909 bits per heavy atom. The lowest BCUT2D eigenvalue weighted by Crippen LogP contribution is -2.13. The summed E-state index contributed by atoms with van der Waals surface area (Å²) in [4.78, 5) is 0. The fourth-order valence-corrected chi connectivity index (χ4v) is 2.07. The summed E-state index contributed by atoms with van der Waals surface area (Å²) in [5, 5.41) is 0. The normalized spacial score (nSPS) is 14.1. The van der Waals surface area contributed by atoms with Gasteiger partial charge in [-0.2, -0.15) is 0 Å². The lowest BCUT2D eigenvalue weighted by atomic mass is 10.2. The Morgan fingerprint density at radius 3 is 2.18 bits per heavy atom. The summed E-state index contributed by atoms with van der Waals surface area (Å²) in [5.74, 6) is 0.722. The maximum Gasteiger partial charge on any atom is 0.217 e. The first-order chi connectivity index (χ1) is 10.8. The summed E-state index contributed by atoms with van der Waals surface area (Å²) in [6, 6.07) is 3.71. The van der Waals surface area contributed by atoms with Crippen molar-refractivity contribution in [1.82, 2.24) is 0 Å². The van der Waals surface area contributed by atoms with E-state index in [4.69, 9.17) is 23.4 Å². The van der Waals surface area contributed by atoms with Gasteiger partial charge in [-0.05, 0) is 45.7 Å². The molecule has 0 N–H and O–H groups in total. The zero-order valence-electron chi connectivity index (χ0n) is 14.1. The minimum Gasteiger partial charge on any atom is -0.464 e. The lowest BCUT2D eigenvalue weighted by molar-refractivity contribution is -0.154. The van der Waals surface area contributed by atoms with Crippen molar-refractivity contribution >= 4 is 0 Å². The first-order valence-corrected chi connectivity index (χ1v) is 8.27. The minimum atomic E-state index is -0.393. The lowest BCUT2D eigenvalue weighted by Gasteiger charge is -2.15. The van der Waals surface area contributed by atoms with Crippen LogP contribution < -0.4 is 0 Å². The Bertz CT molecular complexity index is 339. The van der Waals surface area contributed by atoms with E-state index in [1.807, 2.05) is 32.9 Å². The van der Waals surface area contributed by atoms with Gasteiger partial charge in [0.1, 0.15) is 0 Å². The van der Waals surface area contributed by atoms with Gasteiger partial charge in [0, 0.05) is 19.8 Å². The van der Waals surface area contributed by atoms with Gasteiger partial charge in [0.05, 0.1) is 12.9 Å². The topological polar surface area (TPSA) is 50.1 Å². The predicted molar refractivity (Wildman–Crippen MR) is 84.5 cm³/mol. The molecule has 5 heteroatoms.